The number of hydrogen-bond donors (Lipinski definition) is 1. The van der Waals surface area contributed by atoms with Gasteiger partial charge in [-0.05, 0) is 55.9 Å². The zero-order valence-electron chi connectivity index (χ0n) is 13.8. The van der Waals surface area contributed by atoms with Crippen molar-refractivity contribution in [1.29, 1.82) is 0 Å². The first-order chi connectivity index (χ1) is 11.6. The van der Waals surface area contributed by atoms with Crippen molar-refractivity contribution in [2.45, 2.75) is 43.4 Å². The predicted octanol–water partition coefficient (Wildman–Crippen LogP) is 3.16. The standard InChI is InChI=1S/C18H24N2O3S/c21-18(14-15-6-2-3-7-15)19-16-8-10-17(11-9-16)24(22,23)20-12-4-1-5-13-20/h2,6,8-11,15H,1,3-5,7,12-14H2,(H,19,21)/t15-/m1/s1. The number of piperidine rings is 1. The molecule has 24 heavy (non-hydrogen) atoms. The number of hydrogen-bond acceptors (Lipinski definition) is 3. The number of nitrogens with one attached hydrogen (secondary N) is 1. The molecule has 5 nitrogen and oxygen atoms in total. The van der Waals surface area contributed by atoms with Crippen LogP contribution in [0.1, 0.15) is 38.5 Å². The highest BCUT2D eigenvalue weighted by atomic mass is 32.2. The Morgan fingerprint density at radius 1 is 1.12 bits per heavy atom. The van der Waals surface area contributed by atoms with Crippen molar-refractivity contribution in [3.63, 3.8) is 0 Å². The van der Waals surface area contributed by atoms with Gasteiger partial charge in [-0.2, -0.15) is 4.31 Å². The number of rotatable bonds is 5. The van der Waals surface area contributed by atoms with Crippen molar-refractivity contribution in [3.8, 4) is 0 Å². The Morgan fingerprint density at radius 2 is 1.83 bits per heavy atom. The lowest BCUT2D eigenvalue weighted by molar-refractivity contribution is -0.116. The number of allylic oxidation sites excluding steroid dienone is 2. The summed E-state index contributed by atoms with van der Waals surface area (Å²) in [5.41, 5.74) is 0.638. The molecule has 130 valence electrons. The van der Waals surface area contributed by atoms with Crippen molar-refractivity contribution in [1.82, 2.24) is 4.31 Å². The summed E-state index contributed by atoms with van der Waals surface area (Å²) in [4.78, 5) is 12.3. The van der Waals surface area contributed by atoms with Crippen LogP contribution in [0.3, 0.4) is 0 Å². The molecule has 2 aliphatic rings. The molecule has 1 fully saturated rings. The molecule has 1 aromatic rings. The highest BCUT2D eigenvalue weighted by molar-refractivity contribution is 7.89. The summed E-state index contributed by atoms with van der Waals surface area (Å²) in [7, 11) is -3.41. The van der Waals surface area contributed by atoms with Gasteiger partial charge in [-0.1, -0.05) is 18.6 Å². The molecule has 1 aliphatic carbocycles. The maximum absolute atomic E-state index is 12.6. The Bertz CT molecular complexity index is 704. The van der Waals surface area contributed by atoms with Gasteiger partial charge in [0.05, 0.1) is 4.90 Å². The van der Waals surface area contributed by atoms with Gasteiger partial charge < -0.3 is 5.32 Å². The molecule has 0 unspecified atom stereocenters. The van der Waals surface area contributed by atoms with Gasteiger partial charge in [0.25, 0.3) is 0 Å². The number of anilines is 1. The van der Waals surface area contributed by atoms with Gasteiger partial charge in [0.15, 0.2) is 0 Å². The minimum atomic E-state index is -3.41. The smallest absolute Gasteiger partial charge is 0.243 e. The van der Waals surface area contributed by atoms with Crippen LogP contribution in [0.25, 0.3) is 0 Å². The Morgan fingerprint density at radius 3 is 2.46 bits per heavy atom. The number of carbonyl (C=O) groups is 1. The van der Waals surface area contributed by atoms with Gasteiger partial charge in [-0.3, -0.25) is 4.79 Å². The fraction of sp³-hybridized carbons (Fsp3) is 0.500. The van der Waals surface area contributed by atoms with Gasteiger partial charge in [0.2, 0.25) is 15.9 Å². The van der Waals surface area contributed by atoms with E-state index in [1.807, 2.05) is 0 Å². The third-order valence-corrected chi connectivity index (χ3v) is 6.56. The second-order valence-corrected chi connectivity index (χ2v) is 8.44. The number of amides is 1. The summed E-state index contributed by atoms with van der Waals surface area (Å²) < 4.78 is 26.7. The highest BCUT2D eigenvalue weighted by Gasteiger charge is 2.25. The van der Waals surface area contributed by atoms with Gasteiger partial charge in [0, 0.05) is 25.2 Å². The molecule has 0 saturated carbocycles. The zero-order valence-corrected chi connectivity index (χ0v) is 14.6. The number of benzene rings is 1. The van der Waals surface area contributed by atoms with Crippen molar-refractivity contribution < 1.29 is 13.2 Å². The summed E-state index contributed by atoms with van der Waals surface area (Å²) in [6.07, 6.45) is 9.68. The quantitative estimate of drug-likeness (QED) is 0.831. The maximum atomic E-state index is 12.6. The Labute approximate surface area is 143 Å². The lowest BCUT2D eigenvalue weighted by Crippen LogP contribution is -2.35. The lowest BCUT2D eigenvalue weighted by Gasteiger charge is -2.25. The highest BCUT2D eigenvalue weighted by Crippen LogP contribution is 2.23. The Hall–Kier alpha value is -1.66. The van der Waals surface area contributed by atoms with E-state index in [-0.39, 0.29) is 5.91 Å². The summed E-state index contributed by atoms with van der Waals surface area (Å²) in [6.45, 7) is 1.19. The summed E-state index contributed by atoms with van der Waals surface area (Å²) in [5.74, 6) is 0.293. The summed E-state index contributed by atoms with van der Waals surface area (Å²) >= 11 is 0. The van der Waals surface area contributed by atoms with E-state index in [9.17, 15) is 13.2 Å². The SMILES string of the molecule is O=C(C[C@@H]1C=CCC1)Nc1ccc(S(=O)(=O)N2CCCCC2)cc1. The van der Waals surface area contributed by atoms with E-state index in [4.69, 9.17) is 0 Å². The topological polar surface area (TPSA) is 66.5 Å². The van der Waals surface area contributed by atoms with Crippen molar-refractivity contribution in [2.75, 3.05) is 18.4 Å². The van der Waals surface area contributed by atoms with Crippen LogP contribution in [0.5, 0.6) is 0 Å². The molecule has 3 rings (SSSR count). The van der Waals surface area contributed by atoms with Crippen LogP contribution in [0.4, 0.5) is 5.69 Å². The van der Waals surface area contributed by atoms with E-state index in [0.29, 0.717) is 36.0 Å². The van der Waals surface area contributed by atoms with Crippen LogP contribution in [0, 0.1) is 5.92 Å². The second-order valence-electron chi connectivity index (χ2n) is 6.51. The number of carbonyl (C=O) groups excluding carboxylic acids is 1. The molecule has 0 spiro atoms. The van der Waals surface area contributed by atoms with E-state index in [2.05, 4.69) is 17.5 Å². The number of sulfonamides is 1. The molecule has 1 atom stereocenters. The molecule has 6 heteroatoms. The average Bonchev–Trinajstić information content (AvgIpc) is 3.09. The Balaban J connectivity index is 1.62. The normalized spacial score (nSPS) is 21.8. The van der Waals surface area contributed by atoms with E-state index in [0.717, 1.165) is 32.1 Å². The molecule has 1 aromatic carbocycles. The third kappa shape index (κ3) is 4.05. The minimum Gasteiger partial charge on any atom is -0.326 e. The lowest BCUT2D eigenvalue weighted by atomic mass is 10.1. The first-order valence-electron chi connectivity index (χ1n) is 8.62. The van der Waals surface area contributed by atoms with Gasteiger partial charge in [-0.15, -0.1) is 0 Å². The van der Waals surface area contributed by atoms with Crippen LogP contribution >= 0.6 is 0 Å². The maximum Gasteiger partial charge on any atom is 0.243 e. The first-order valence-corrected chi connectivity index (χ1v) is 10.1. The molecular weight excluding hydrogens is 324 g/mol. The monoisotopic (exact) mass is 348 g/mol. The molecule has 1 N–H and O–H groups in total. The zero-order chi connectivity index (χ0) is 17.0. The number of nitrogens with zero attached hydrogens (tertiary/aromatic N) is 1. The molecule has 0 aromatic heterocycles. The summed E-state index contributed by atoms with van der Waals surface area (Å²) in [5, 5.41) is 2.85. The van der Waals surface area contributed by atoms with E-state index >= 15 is 0 Å². The average molecular weight is 348 g/mol. The second kappa shape index (κ2) is 7.49. The van der Waals surface area contributed by atoms with E-state index < -0.39 is 10.0 Å². The van der Waals surface area contributed by atoms with E-state index in [1.165, 1.54) is 0 Å². The van der Waals surface area contributed by atoms with Crippen LogP contribution in [0.15, 0.2) is 41.3 Å². The molecule has 1 aliphatic heterocycles. The van der Waals surface area contributed by atoms with Crippen LogP contribution in [0.2, 0.25) is 0 Å². The van der Waals surface area contributed by atoms with Crippen LogP contribution in [-0.4, -0.2) is 31.7 Å². The minimum absolute atomic E-state index is 0.0295. The molecule has 1 heterocycles. The molecule has 1 amide bonds. The van der Waals surface area contributed by atoms with Gasteiger partial charge >= 0.3 is 0 Å². The third-order valence-electron chi connectivity index (χ3n) is 4.65. The first kappa shape index (κ1) is 17.2. The van der Waals surface area contributed by atoms with Crippen LogP contribution in [-0.2, 0) is 14.8 Å². The molecule has 1 saturated heterocycles. The van der Waals surface area contributed by atoms with E-state index in [1.54, 1.807) is 28.6 Å². The van der Waals surface area contributed by atoms with Crippen LogP contribution < -0.4 is 5.32 Å². The summed E-state index contributed by atoms with van der Waals surface area (Å²) in [6, 6.07) is 6.49. The van der Waals surface area contributed by atoms with Crippen molar-refractivity contribution in [2.24, 2.45) is 5.92 Å². The van der Waals surface area contributed by atoms with Crippen molar-refractivity contribution in [3.05, 3.63) is 36.4 Å². The largest absolute Gasteiger partial charge is 0.326 e. The van der Waals surface area contributed by atoms with Crippen molar-refractivity contribution >= 4 is 21.6 Å². The van der Waals surface area contributed by atoms with Gasteiger partial charge in [0.1, 0.15) is 0 Å². The predicted molar refractivity (Wildman–Crippen MR) is 94.2 cm³/mol. The Kier molecular flexibility index (Phi) is 5.36. The van der Waals surface area contributed by atoms with Gasteiger partial charge in [-0.25, -0.2) is 8.42 Å². The molecular formula is C18H24N2O3S. The molecule has 0 radical (unpaired) electrons. The fourth-order valence-corrected chi connectivity index (χ4v) is 4.80. The fourth-order valence-electron chi connectivity index (χ4n) is 3.28. The molecule has 0 bridgehead atoms.